The molecule has 1 aromatic heterocycles. The van der Waals surface area contributed by atoms with Gasteiger partial charge in [0.15, 0.2) is 0 Å². The molecule has 1 aromatic carbocycles. The van der Waals surface area contributed by atoms with Crippen LogP contribution in [-0.2, 0) is 0 Å². The molecule has 2 N–H and O–H groups in total. The van der Waals surface area contributed by atoms with Crippen LogP contribution in [0.15, 0.2) is 42.6 Å². The Balaban J connectivity index is 2.27. The SMILES string of the molecule is COc1ccc(N(CCCN)c2ccc(Cl)cn2)cc1. The summed E-state index contributed by atoms with van der Waals surface area (Å²) in [7, 11) is 1.65. The number of anilines is 2. The van der Waals surface area contributed by atoms with E-state index in [0.29, 0.717) is 11.6 Å². The van der Waals surface area contributed by atoms with Crippen molar-refractivity contribution in [1.82, 2.24) is 4.98 Å². The number of aromatic nitrogens is 1. The van der Waals surface area contributed by atoms with E-state index in [-0.39, 0.29) is 0 Å². The van der Waals surface area contributed by atoms with Crippen LogP contribution in [0.4, 0.5) is 11.5 Å². The molecule has 1 heterocycles. The second-order valence-electron chi connectivity index (χ2n) is 4.33. The highest BCUT2D eigenvalue weighted by molar-refractivity contribution is 6.30. The van der Waals surface area contributed by atoms with Gasteiger partial charge in [-0.25, -0.2) is 4.98 Å². The summed E-state index contributed by atoms with van der Waals surface area (Å²) < 4.78 is 5.18. The smallest absolute Gasteiger partial charge is 0.133 e. The number of nitrogens with zero attached hydrogens (tertiary/aromatic N) is 2. The summed E-state index contributed by atoms with van der Waals surface area (Å²) in [5.74, 6) is 1.68. The summed E-state index contributed by atoms with van der Waals surface area (Å²) in [5.41, 5.74) is 6.66. The van der Waals surface area contributed by atoms with E-state index in [9.17, 15) is 0 Å². The lowest BCUT2D eigenvalue weighted by molar-refractivity contribution is 0.415. The second kappa shape index (κ2) is 7.12. The van der Waals surface area contributed by atoms with Gasteiger partial charge in [0.2, 0.25) is 0 Å². The predicted octanol–water partition coefficient (Wildman–Crippen LogP) is 3.23. The molecule has 5 heteroatoms. The molecule has 0 unspecified atom stereocenters. The van der Waals surface area contributed by atoms with Crippen LogP contribution < -0.4 is 15.4 Å². The standard InChI is InChI=1S/C15H18ClN3O/c1-20-14-6-4-13(5-7-14)19(10-2-9-17)15-8-3-12(16)11-18-15/h3-8,11H,2,9-10,17H2,1H3. The second-order valence-corrected chi connectivity index (χ2v) is 4.76. The summed E-state index contributed by atoms with van der Waals surface area (Å²) in [6.07, 6.45) is 2.53. The minimum absolute atomic E-state index is 0.627. The number of rotatable bonds is 6. The van der Waals surface area contributed by atoms with Gasteiger partial charge in [0, 0.05) is 18.4 Å². The first-order valence-corrected chi connectivity index (χ1v) is 6.85. The molecule has 0 aliphatic rings. The summed E-state index contributed by atoms with van der Waals surface area (Å²) in [4.78, 5) is 6.49. The largest absolute Gasteiger partial charge is 0.497 e. The first kappa shape index (κ1) is 14.6. The molecule has 0 aliphatic carbocycles. The van der Waals surface area contributed by atoms with Crippen LogP contribution in [0.5, 0.6) is 5.75 Å². The van der Waals surface area contributed by atoms with Crippen molar-refractivity contribution in [3.05, 3.63) is 47.6 Å². The van der Waals surface area contributed by atoms with Crippen molar-refractivity contribution >= 4 is 23.1 Å². The van der Waals surface area contributed by atoms with Gasteiger partial charge in [0.25, 0.3) is 0 Å². The minimum atomic E-state index is 0.627. The van der Waals surface area contributed by atoms with Crippen LogP contribution in [-0.4, -0.2) is 25.2 Å². The monoisotopic (exact) mass is 291 g/mol. The molecule has 0 saturated carbocycles. The fourth-order valence-electron chi connectivity index (χ4n) is 1.92. The number of halogens is 1. The van der Waals surface area contributed by atoms with Crippen molar-refractivity contribution in [2.24, 2.45) is 5.73 Å². The lowest BCUT2D eigenvalue weighted by Gasteiger charge is -2.24. The number of hydrogen-bond acceptors (Lipinski definition) is 4. The lowest BCUT2D eigenvalue weighted by Crippen LogP contribution is -2.21. The van der Waals surface area contributed by atoms with Gasteiger partial charge in [-0.3, -0.25) is 0 Å². The Morgan fingerprint density at radius 2 is 1.95 bits per heavy atom. The van der Waals surface area contributed by atoms with Gasteiger partial charge < -0.3 is 15.4 Å². The van der Waals surface area contributed by atoms with Crippen LogP contribution in [0.1, 0.15) is 6.42 Å². The van der Waals surface area contributed by atoms with Crippen molar-refractivity contribution in [3.8, 4) is 5.75 Å². The highest BCUT2D eigenvalue weighted by Gasteiger charge is 2.10. The van der Waals surface area contributed by atoms with E-state index >= 15 is 0 Å². The highest BCUT2D eigenvalue weighted by Crippen LogP contribution is 2.26. The third-order valence-corrected chi connectivity index (χ3v) is 3.18. The van der Waals surface area contributed by atoms with Gasteiger partial charge in [-0.05, 0) is 49.4 Å². The highest BCUT2D eigenvalue weighted by atomic mass is 35.5. The first-order chi connectivity index (χ1) is 9.74. The first-order valence-electron chi connectivity index (χ1n) is 6.48. The summed E-state index contributed by atoms with van der Waals surface area (Å²) in [5, 5.41) is 0.627. The van der Waals surface area contributed by atoms with Crippen molar-refractivity contribution in [2.45, 2.75) is 6.42 Å². The maximum Gasteiger partial charge on any atom is 0.133 e. The van der Waals surface area contributed by atoms with Crippen LogP contribution in [0, 0.1) is 0 Å². The van der Waals surface area contributed by atoms with Crippen molar-refractivity contribution in [3.63, 3.8) is 0 Å². The molecule has 0 bridgehead atoms. The molecule has 20 heavy (non-hydrogen) atoms. The Morgan fingerprint density at radius 1 is 1.20 bits per heavy atom. The fourth-order valence-corrected chi connectivity index (χ4v) is 2.03. The molecule has 0 amide bonds. The molecule has 0 fully saturated rings. The van der Waals surface area contributed by atoms with Crippen molar-refractivity contribution in [1.29, 1.82) is 0 Å². The van der Waals surface area contributed by atoms with Gasteiger partial charge in [-0.1, -0.05) is 11.6 Å². The third kappa shape index (κ3) is 3.62. The molecular formula is C15H18ClN3O. The normalized spacial score (nSPS) is 10.3. The Kier molecular flexibility index (Phi) is 5.21. The van der Waals surface area contributed by atoms with E-state index in [1.54, 1.807) is 13.3 Å². The zero-order valence-corrected chi connectivity index (χ0v) is 12.2. The molecule has 0 radical (unpaired) electrons. The number of benzene rings is 1. The molecular weight excluding hydrogens is 274 g/mol. The van der Waals surface area contributed by atoms with Gasteiger partial charge in [-0.15, -0.1) is 0 Å². The zero-order valence-electron chi connectivity index (χ0n) is 11.4. The topological polar surface area (TPSA) is 51.4 Å². The van der Waals surface area contributed by atoms with E-state index in [2.05, 4.69) is 9.88 Å². The van der Waals surface area contributed by atoms with E-state index in [0.717, 1.165) is 30.2 Å². The Labute approximate surface area is 124 Å². The molecule has 2 aromatic rings. The van der Waals surface area contributed by atoms with Gasteiger partial charge in [-0.2, -0.15) is 0 Å². The van der Waals surface area contributed by atoms with Gasteiger partial charge >= 0.3 is 0 Å². The Bertz CT molecular complexity index is 528. The van der Waals surface area contributed by atoms with Gasteiger partial charge in [0.05, 0.1) is 12.1 Å². The van der Waals surface area contributed by atoms with Gasteiger partial charge in [0.1, 0.15) is 11.6 Å². The summed E-state index contributed by atoms with van der Waals surface area (Å²) >= 11 is 5.89. The van der Waals surface area contributed by atoms with Crippen LogP contribution in [0.3, 0.4) is 0 Å². The molecule has 0 spiro atoms. The van der Waals surface area contributed by atoms with E-state index in [1.165, 1.54) is 0 Å². The molecule has 2 rings (SSSR count). The predicted molar refractivity (Wildman–Crippen MR) is 82.9 cm³/mol. The lowest BCUT2D eigenvalue weighted by atomic mass is 10.2. The molecule has 4 nitrogen and oxygen atoms in total. The maximum atomic E-state index is 5.89. The number of ether oxygens (including phenoxy) is 1. The summed E-state index contributed by atoms with van der Waals surface area (Å²) in [6.45, 7) is 1.44. The third-order valence-electron chi connectivity index (χ3n) is 2.96. The number of hydrogen-bond donors (Lipinski definition) is 1. The number of methoxy groups -OCH3 is 1. The van der Waals surface area contributed by atoms with Crippen LogP contribution >= 0.6 is 11.6 Å². The van der Waals surface area contributed by atoms with E-state index < -0.39 is 0 Å². The molecule has 0 atom stereocenters. The number of pyridine rings is 1. The van der Waals surface area contributed by atoms with E-state index in [4.69, 9.17) is 22.1 Å². The average Bonchev–Trinajstić information content (AvgIpc) is 2.50. The Hall–Kier alpha value is -1.78. The molecule has 106 valence electrons. The zero-order chi connectivity index (χ0) is 14.4. The fraction of sp³-hybridized carbons (Fsp3) is 0.267. The van der Waals surface area contributed by atoms with Crippen molar-refractivity contribution < 1.29 is 4.74 Å². The quantitative estimate of drug-likeness (QED) is 0.888. The van der Waals surface area contributed by atoms with Crippen molar-refractivity contribution in [2.75, 3.05) is 25.1 Å². The Morgan fingerprint density at radius 3 is 2.50 bits per heavy atom. The molecule has 0 saturated heterocycles. The van der Waals surface area contributed by atoms with Crippen LogP contribution in [0.2, 0.25) is 5.02 Å². The minimum Gasteiger partial charge on any atom is -0.497 e. The average molecular weight is 292 g/mol. The van der Waals surface area contributed by atoms with Crippen LogP contribution in [0.25, 0.3) is 0 Å². The summed E-state index contributed by atoms with van der Waals surface area (Å²) in [6, 6.07) is 11.6. The molecule has 0 aliphatic heterocycles. The van der Waals surface area contributed by atoms with E-state index in [1.807, 2.05) is 36.4 Å². The maximum absolute atomic E-state index is 5.89. The number of nitrogens with two attached hydrogens (primary N) is 1.